The smallest absolute Gasteiger partial charge is 0.321 e. The van der Waals surface area contributed by atoms with Gasteiger partial charge in [0, 0.05) is 18.8 Å². The van der Waals surface area contributed by atoms with Gasteiger partial charge >= 0.3 is 6.03 Å². The van der Waals surface area contributed by atoms with Crippen LogP contribution >= 0.6 is 0 Å². The molecule has 0 aliphatic carbocycles. The maximum absolute atomic E-state index is 12.1. The van der Waals surface area contributed by atoms with E-state index >= 15 is 0 Å². The second kappa shape index (κ2) is 6.41. The van der Waals surface area contributed by atoms with Crippen LogP contribution in [0.3, 0.4) is 0 Å². The third-order valence-electron chi connectivity index (χ3n) is 3.57. The Morgan fingerprint density at radius 1 is 1.35 bits per heavy atom. The van der Waals surface area contributed by atoms with Gasteiger partial charge in [-0.3, -0.25) is 10.1 Å². The first-order chi connectivity index (χ1) is 9.63. The number of urea groups is 1. The number of amides is 3. The molecular weight excluding hydrogens is 254 g/mol. The lowest BCUT2D eigenvalue weighted by Gasteiger charge is -2.35. The van der Waals surface area contributed by atoms with Crippen molar-refractivity contribution in [3.63, 3.8) is 0 Å². The van der Waals surface area contributed by atoms with E-state index in [-0.39, 0.29) is 11.9 Å². The highest BCUT2D eigenvalue weighted by Gasteiger charge is 2.26. The molecule has 5 heteroatoms. The number of fused-ring (bicyclic) bond motifs is 1. The van der Waals surface area contributed by atoms with Crippen LogP contribution in [0.2, 0.25) is 0 Å². The number of carbonyl (C=O) groups is 2. The fraction of sp³-hybridized carbons (Fsp3) is 0.467. The Bertz CT molecular complexity index is 502. The molecule has 0 saturated heterocycles. The molecule has 1 aromatic rings. The minimum absolute atomic E-state index is 0.271. The molecule has 0 radical (unpaired) electrons. The molecule has 1 heterocycles. The van der Waals surface area contributed by atoms with Crippen LogP contribution in [0.4, 0.5) is 10.5 Å². The summed E-state index contributed by atoms with van der Waals surface area (Å²) in [6, 6.07) is 7.32. The maximum Gasteiger partial charge on any atom is 0.321 e. The van der Waals surface area contributed by atoms with Gasteiger partial charge in [0.1, 0.15) is 6.04 Å². The van der Waals surface area contributed by atoms with E-state index < -0.39 is 6.03 Å². The highest BCUT2D eigenvalue weighted by molar-refractivity contribution is 5.98. The number of nitrogens with one attached hydrogen (secondary N) is 2. The van der Waals surface area contributed by atoms with E-state index in [1.807, 2.05) is 32.0 Å². The molecule has 2 rings (SSSR count). The van der Waals surface area contributed by atoms with Crippen LogP contribution in [0.15, 0.2) is 24.3 Å². The average molecular weight is 275 g/mol. The van der Waals surface area contributed by atoms with Crippen LogP contribution < -0.4 is 15.5 Å². The van der Waals surface area contributed by atoms with Crippen molar-refractivity contribution >= 4 is 17.6 Å². The Labute approximate surface area is 119 Å². The van der Waals surface area contributed by atoms with Gasteiger partial charge in [-0.25, -0.2) is 4.79 Å². The molecule has 0 spiro atoms. The number of carbonyl (C=O) groups excluding carboxylic acids is 2. The van der Waals surface area contributed by atoms with E-state index in [9.17, 15) is 9.59 Å². The molecule has 3 amide bonds. The number of benzene rings is 1. The molecule has 1 aliphatic heterocycles. The quantitative estimate of drug-likeness (QED) is 0.882. The highest BCUT2D eigenvalue weighted by atomic mass is 16.2. The van der Waals surface area contributed by atoms with Crippen LogP contribution in [-0.4, -0.2) is 31.1 Å². The first-order valence-electron chi connectivity index (χ1n) is 7.06. The van der Waals surface area contributed by atoms with E-state index in [1.165, 1.54) is 5.56 Å². The van der Waals surface area contributed by atoms with E-state index in [0.717, 1.165) is 25.1 Å². The number of nitrogens with zero attached hydrogens (tertiary/aromatic N) is 1. The van der Waals surface area contributed by atoms with E-state index in [2.05, 4.69) is 21.6 Å². The number of hydrogen-bond donors (Lipinski definition) is 2. The molecule has 1 aliphatic rings. The van der Waals surface area contributed by atoms with Gasteiger partial charge in [0.05, 0.1) is 0 Å². The normalized spacial score (nSPS) is 15.2. The van der Waals surface area contributed by atoms with Crippen molar-refractivity contribution in [3.8, 4) is 0 Å². The molecule has 0 saturated carbocycles. The molecule has 0 bridgehead atoms. The third kappa shape index (κ3) is 3.10. The SMILES string of the molecule is CCNC(=O)NC(=O)[C@@H](C)N1CCCc2ccccc21. The topological polar surface area (TPSA) is 61.4 Å². The fourth-order valence-corrected chi connectivity index (χ4v) is 2.53. The van der Waals surface area contributed by atoms with Crippen LogP contribution in [0.5, 0.6) is 0 Å². The van der Waals surface area contributed by atoms with Gasteiger partial charge < -0.3 is 10.2 Å². The van der Waals surface area contributed by atoms with Crippen molar-refractivity contribution in [1.82, 2.24) is 10.6 Å². The molecule has 108 valence electrons. The van der Waals surface area contributed by atoms with Crippen molar-refractivity contribution in [2.24, 2.45) is 0 Å². The summed E-state index contributed by atoms with van der Waals surface area (Å²) in [5, 5.41) is 4.94. The van der Waals surface area contributed by atoms with Crippen LogP contribution in [0.1, 0.15) is 25.8 Å². The maximum atomic E-state index is 12.1. The van der Waals surface area contributed by atoms with Gasteiger partial charge in [-0.2, -0.15) is 0 Å². The third-order valence-corrected chi connectivity index (χ3v) is 3.57. The number of hydrogen-bond acceptors (Lipinski definition) is 3. The average Bonchev–Trinajstić information content (AvgIpc) is 2.46. The van der Waals surface area contributed by atoms with Crippen molar-refractivity contribution in [2.45, 2.75) is 32.7 Å². The van der Waals surface area contributed by atoms with Crippen molar-refractivity contribution < 1.29 is 9.59 Å². The zero-order valence-corrected chi connectivity index (χ0v) is 12.0. The predicted molar refractivity (Wildman–Crippen MR) is 78.8 cm³/mol. The number of rotatable bonds is 3. The summed E-state index contributed by atoms with van der Waals surface area (Å²) in [5.74, 6) is -0.271. The van der Waals surface area contributed by atoms with Gasteiger partial charge in [-0.05, 0) is 38.3 Å². The van der Waals surface area contributed by atoms with Crippen molar-refractivity contribution in [2.75, 3.05) is 18.0 Å². The van der Waals surface area contributed by atoms with Crippen LogP contribution in [-0.2, 0) is 11.2 Å². The summed E-state index contributed by atoms with van der Waals surface area (Å²) in [6.45, 7) is 4.98. The second-order valence-corrected chi connectivity index (χ2v) is 4.95. The number of para-hydroxylation sites is 1. The summed E-state index contributed by atoms with van der Waals surface area (Å²) >= 11 is 0. The first kappa shape index (κ1) is 14.4. The van der Waals surface area contributed by atoms with E-state index in [4.69, 9.17) is 0 Å². The summed E-state index contributed by atoms with van der Waals surface area (Å²) in [7, 11) is 0. The zero-order chi connectivity index (χ0) is 14.5. The molecule has 1 aromatic carbocycles. The molecule has 0 unspecified atom stereocenters. The van der Waals surface area contributed by atoms with Crippen LogP contribution in [0.25, 0.3) is 0 Å². The lowest BCUT2D eigenvalue weighted by atomic mass is 10.00. The fourth-order valence-electron chi connectivity index (χ4n) is 2.53. The lowest BCUT2D eigenvalue weighted by molar-refractivity contribution is -0.121. The van der Waals surface area contributed by atoms with E-state index in [1.54, 1.807) is 0 Å². The van der Waals surface area contributed by atoms with Gasteiger partial charge in [-0.1, -0.05) is 18.2 Å². The Balaban J connectivity index is 2.08. The highest BCUT2D eigenvalue weighted by Crippen LogP contribution is 2.28. The molecule has 20 heavy (non-hydrogen) atoms. The Morgan fingerprint density at radius 2 is 2.10 bits per heavy atom. The van der Waals surface area contributed by atoms with Gasteiger partial charge in [-0.15, -0.1) is 0 Å². The molecule has 0 fully saturated rings. The van der Waals surface area contributed by atoms with E-state index in [0.29, 0.717) is 6.54 Å². The first-order valence-corrected chi connectivity index (χ1v) is 7.06. The molecule has 2 N–H and O–H groups in total. The largest absolute Gasteiger partial charge is 0.360 e. The number of aryl methyl sites for hydroxylation is 1. The zero-order valence-electron chi connectivity index (χ0n) is 12.0. The minimum Gasteiger partial charge on any atom is -0.360 e. The summed E-state index contributed by atoms with van der Waals surface area (Å²) < 4.78 is 0. The lowest BCUT2D eigenvalue weighted by Crippen LogP contribution is -2.51. The monoisotopic (exact) mass is 275 g/mol. The molecular formula is C15H21N3O2. The summed E-state index contributed by atoms with van der Waals surface area (Å²) in [6.07, 6.45) is 2.06. The van der Waals surface area contributed by atoms with Gasteiger partial charge in [0.25, 0.3) is 0 Å². The van der Waals surface area contributed by atoms with Gasteiger partial charge in [0.2, 0.25) is 5.91 Å². The van der Waals surface area contributed by atoms with Crippen molar-refractivity contribution in [1.29, 1.82) is 0 Å². The summed E-state index contributed by atoms with van der Waals surface area (Å²) in [5.41, 5.74) is 2.36. The Morgan fingerprint density at radius 3 is 2.85 bits per heavy atom. The van der Waals surface area contributed by atoms with Crippen LogP contribution in [0, 0.1) is 0 Å². The Hall–Kier alpha value is -2.04. The molecule has 0 aromatic heterocycles. The molecule has 1 atom stereocenters. The number of anilines is 1. The molecule has 5 nitrogen and oxygen atoms in total. The standard InChI is InChI=1S/C15H21N3O2/c1-3-16-15(20)17-14(19)11(2)18-10-6-8-12-7-4-5-9-13(12)18/h4-5,7,9,11H,3,6,8,10H2,1-2H3,(H2,16,17,19,20)/t11-/m1/s1. The minimum atomic E-state index is -0.436. The Kier molecular flexibility index (Phi) is 4.61. The second-order valence-electron chi connectivity index (χ2n) is 4.95. The predicted octanol–water partition coefficient (Wildman–Crippen LogP) is 1.67. The summed E-state index contributed by atoms with van der Waals surface area (Å²) in [4.78, 5) is 25.6. The van der Waals surface area contributed by atoms with Gasteiger partial charge in [0.15, 0.2) is 0 Å². The number of imide groups is 1. The van der Waals surface area contributed by atoms with Crippen molar-refractivity contribution in [3.05, 3.63) is 29.8 Å².